The summed E-state index contributed by atoms with van der Waals surface area (Å²) in [5.74, 6) is 0.627. The molecule has 1 aromatic heterocycles. The maximum Gasteiger partial charge on any atom is 0.287 e. The molecule has 200 valence electrons. The molecule has 1 N–H and O–H groups in total. The molecule has 0 unspecified atom stereocenters. The van der Waals surface area contributed by atoms with Crippen molar-refractivity contribution in [1.29, 1.82) is 0 Å². The molecule has 0 bridgehead atoms. The van der Waals surface area contributed by atoms with Crippen LogP contribution in [0.1, 0.15) is 58.5 Å². The molecule has 0 aliphatic carbocycles. The highest BCUT2D eigenvalue weighted by Gasteiger charge is 2.33. The minimum Gasteiger partial charge on any atom is -0.486 e. The second-order valence-electron chi connectivity index (χ2n) is 9.97. The molecule has 4 aromatic rings. The lowest BCUT2D eigenvalue weighted by Crippen LogP contribution is -2.42. The van der Waals surface area contributed by atoms with E-state index in [1.54, 1.807) is 24.3 Å². The molecule has 1 aliphatic heterocycles. The summed E-state index contributed by atoms with van der Waals surface area (Å²) in [6.45, 7) is 4.92. The van der Waals surface area contributed by atoms with Crippen molar-refractivity contribution in [3.05, 3.63) is 125 Å². The van der Waals surface area contributed by atoms with Gasteiger partial charge in [0.25, 0.3) is 5.91 Å². The number of ether oxygens (including phenoxy) is 1. The number of rotatable bonds is 8. The molecule has 0 radical (unpaired) electrons. The van der Waals surface area contributed by atoms with Crippen LogP contribution in [-0.4, -0.2) is 23.3 Å². The van der Waals surface area contributed by atoms with Gasteiger partial charge in [-0.2, -0.15) is 0 Å². The van der Waals surface area contributed by atoms with Gasteiger partial charge in [-0.25, -0.2) is 4.39 Å². The van der Waals surface area contributed by atoms with Crippen LogP contribution in [0.25, 0.3) is 0 Å². The molecular formula is C32H31FN2O4. The normalized spacial score (nSPS) is 14.7. The number of carbonyl (C=O) groups is 2. The van der Waals surface area contributed by atoms with Gasteiger partial charge in [-0.1, -0.05) is 62.4 Å². The summed E-state index contributed by atoms with van der Waals surface area (Å²) in [5, 5.41) is 2.85. The van der Waals surface area contributed by atoms with Crippen molar-refractivity contribution in [2.24, 2.45) is 5.92 Å². The zero-order valence-corrected chi connectivity index (χ0v) is 22.0. The van der Waals surface area contributed by atoms with Gasteiger partial charge in [0.05, 0.1) is 6.04 Å². The minimum atomic E-state index is -0.337. The zero-order chi connectivity index (χ0) is 27.4. The van der Waals surface area contributed by atoms with Crippen LogP contribution in [0.15, 0.2) is 89.3 Å². The minimum absolute atomic E-state index is 0.0509. The molecule has 2 amide bonds. The highest BCUT2D eigenvalue weighted by Crippen LogP contribution is 2.38. The van der Waals surface area contributed by atoms with E-state index in [9.17, 15) is 14.0 Å². The van der Waals surface area contributed by atoms with Crippen LogP contribution in [0.3, 0.4) is 0 Å². The van der Waals surface area contributed by atoms with Crippen molar-refractivity contribution in [3.63, 3.8) is 0 Å². The smallest absolute Gasteiger partial charge is 0.287 e. The highest BCUT2D eigenvalue weighted by molar-refractivity contribution is 5.91. The summed E-state index contributed by atoms with van der Waals surface area (Å²) < 4.78 is 25.5. The van der Waals surface area contributed by atoms with Crippen LogP contribution in [0.4, 0.5) is 4.39 Å². The van der Waals surface area contributed by atoms with Crippen LogP contribution in [0.2, 0.25) is 0 Å². The standard InChI is InChI=1S/C32H31FN2O4/c1-21(2)32(37)35-17-16-23-10-13-26(18-28(23)30(35)24-8-11-25(33)12-9-24)38-20-27-14-15-29(39-27)31(36)34-19-22-6-4-3-5-7-22/h3-15,18,21,30H,16-17,19-20H2,1-2H3,(H,34,36)/t30-/m1/s1. The first-order valence-corrected chi connectivity index (χ1v) is 13.1. The number of hydrogen-bond acceptors (Lipinski definition) is 4. The van der Waals surface area contributed by atoms with Crippen molar-refractivity contribution in [1.82, 2.24) is 10.2 Å². The first kappa shape index (κ1) is 26.2. The lowest BCUT2D eigenvalue weighted by Gasteiger charge is -2.39. The average molecular weight is 527 g/mol. The number of benzene rings is 3. The molecule has 0 spiro atoms. The Morgan fingerprint density at radius 2 is 1.79 bits per heavy atom. The van der Waals surface area contributed by atoms with E-state index in [-0.39, 0.29) is 42.0 Å². The molecule has 2 heterocycles. The van der Waals surface area contributed by atoms with Gasteiger partial charge in [0, 0.05) is 19.0 Å². The Morgan fingerprint density at radius 3 is 2.54 bits per heavy atom. The molecule has 39 heavy (non-hydrogen) atoms. The predicted molar refractivity (Wildman–Crippen MR) is 146 cm³/mol. The van der Waals surface area contributed by atoms with Crippen LogP contribution in [0.5, 0.6) is 5.75 Å². The van der Waals surface area contributed by atoms with Gasteiger partial charge >= 0.3 is 0 Å². The SMILES string of the molecule is CC(C)C(=O)N1CCc2ccc(OCc3ccc(C(=O)NCc4ccccc4)o3)cc2[C@H]1c1ccc(F)cc1. The van der Waals surface area contributed by atoms with Gasteiger partial charge in [0.1, 0.15) is 23.9 Å². The van der Waals surface area contributed by atoms with Crippen LogP contribution < -0.4 is 10.1 Å². The molecule has 7 heteroatoms. The van der Waals surface area contributed by atoms with Gasteiger partial charge < -0.3 is 19.4 Å². The number of hydrogen-bond donors (Lipinski definition) is 1. The average Bonchev–Trinajstić information content (AvgIpc) is 3.44. The first-order chi connectivity index (χ1) is 18.9. The third kappa shape index (κ3) is 6.03. The number of carbonyl (C=O) groups excluding carboxylic acids is 2. The summed E-state index contributed by atoms with van der Waals surface area (Å²) in [6.07, 6.45) is 0.728. The lowest BCUT2D eigenvalue weighted by molar-refractivity contribution is -0.136. The Kier molecular flexibility index (Phi) is 7.77. The number of amides is 2. The van der Waals surface area contributed by atoms with Crippen molar-refractivity contribution in [2.45, 2.75) is 39.5 Å². The van der Waals surface area contributed by atoms with Crippen molar-refractivity contribution >= 4 is 11.8 Å². The molecule has 3 aromatic carbocycles. The third-order valence-corrected chi connectivity index (χ3v) is 6.87. The van der Waals surface area contributed by atoms with Crippen LogP contribution in [-0.2, 0) is 24.4 Å². The van der Waals surface area contributed by atoms with E-state index in [4.69, 9.17) is 9.15 Å². The van der Waals surface area contributed by atoms with Crippen molar-refractivity contribution in [3.8, 4) is 5.75 Å². The predicted octanol–water partition coefficient (Wildman–Crippen LogP) is 6.06. The molecule has 1 aliphatic rings. The Hall–Kier alpha value is -4.39. The summed E-state index contributed by atoms with van der Waals surface area (Å²) in [4.78, 5) is 27.5. The maximum absolute atomic E-state index is 13.7. The van der Waals surface area contributed by atoms with Crippen LogP contribution in [0, 0.1) is 11.7 Å². The third-order valence-electron chi connectivity index (χ3n) is 6.87. The van der Waals surface area contributed by atoms with E-state index in [0.29, 0.717) is 24.6 Å². The molecule has 0 fully saturated rings. The summed E-state index contributed by atoms with van der Waals surface area (Å²) in [5.41, 5.74) is 3.93. The quantitative estimate of drug-likeness (QED) is 0.303. The molecule has 0 saturated carbocycles. The van der Waals surface area contributed by atoms with Gasteiger partial charge in [0.2, 0.25) is 5.91 Å². The van der Waals surface area contributed by atoms with Gasteiger partial charge in [0.15, 0.2) is 5.76 Å². The number of nitrogens with one attached hydrogen (secondary N) is 1. The molecular weight excluding hydrogens is 495 g/mol. The Morgan fingerprint density at radius 1 is 1.03 bits per heavy atom. The summed E-state index contributed by atoms with van der Waals surface area (Å²) in [6, 6.07) is 24.8. The number of furan rings is 1. The Bertz CT molecular complexity index is 1450. The molecule has 1 atom stereocenters. The van der Waals surface area contributed by atoms with Gasteiger partial charge in [-0.3, -0.25) is 9.59 Å². The Balaban J connectivity index is 1.31. The van der Waals surface area contributed by atoms with E-state index < -0.39 is 0 Å². The number of halogens is 1. The monoisotopic (exact) mass is 526 g/mol. The van der Waals surface area contributed by atoms with Crippen molar-refractivity contribution in [2.75, 3.05) is 6.54 Å². The zero-order valence-electron chi connectivity index (χ0n) is 22.0. The van der Waals surface area contributed by atoms with Gasteiger partial charge in [-0.15, -0.1) is 0 Å². The van der Waals surface area contributed by atoms with E-state index in [1.165, 1.54) is 12.1 Å². The summed E-state index contributed by atoms with van der Waals surface area (Å²) in [7, 11) is 0. The number of nitrogens with zero attached hydrogens (tertiary/aromatic N) is 1. The largest absolute Gasteiger partial charge is 0.486 e. The molecule has 5 rings (SSSR count). The molecule has 6 nitrogen and oxygen atoms in total. The fourth-order valence-electron chi connectivity index (χ4n) is 4.85. The van der Waals surface area contributed by atoms with Crippen molar-refractivity contribution < 1.29 is 23.1 Å². The van der Waals surface area contributed by atoms with E-state index in [1.807, 2.05) is 67.3 Å². The Labute approximate surface area is 227 Å². The first-order valence-electron chi connectivity index (χ1n) is 13.1. The fourth-order valence-corrected chi connectivity index (χ4v) is 4.85. The van der Waals surface area contributed by atoms with E-state index in [2.05, 4.69) is 5.32 Å². The lowest BCUT2D eigenvalue weighted by atomic mass is 9.87. The van der Waals surface area contributed by atoms with Crippen LogP contribution >= 0.6 is 0 Å². The van der Waals surface area contributed by atoms with E-state index in [0.717, 1.165) is 28.7 Å². The summed E-state index contributed by atoms with van der Waals surface area (Å²) >= 11 is 0. The second-order valence-corrected chi connectivity index (χ2v) is 9.97. The maximum atomic E-state index is 13.7. The highest BCUT2D eigenvalue weighted by atomic mass is 19.1. The van der Waals surface area contributed by atoms with Gasteiger partial charge in [-0.05, 0) is 65.1 Å². The number of fused-ring (bicyclic) bond motifs is 1. The van der Waals surface area contributed by atoms with E-state index >= 15 is 0 Å². The molecule has 0 saturated heterocycles. The fraction of sp³-hybridized carbons (Fsp3) is 0.250. The second kappa shape index (κ2) is 11.6. The topological polar surface area (TPSA) is 71.8 Å².